The lowest BCUT2D eigenvalue weighted by Crippen LogP contribution is -2.80. The van der Waals surface area contributed by atoms with Crippen LogP contribution in [0.15, 0.2) is 42.5 Å². The van der Waals surface area contributed by atoms with Crippen molar-refractivity contribution in [3.05, 3.63) is 64.2 Å². The maximum atomic E-state index is 10.7. The van der Waals surface area contributed by atoms with Crippen LogP contribution in [0.25, 0.3) is 0 Å². The minimum atomic E-state index is -1.15. The van der Waals surface area contributed by atoms with Crippen molar-refractivity contribution in [3.63, 3.8) is 0 Å². The molecule has 0 fully saturated rings. The predicted molar refractivity (Wildman–Crippen MR) is 82.7 cm³/mol. The monoisotopic (exact) mass is 319 g/mol. The summed E-state index contributed by atoms with van der Waals surface area (Å²) in [5.41, 5.74) is 2.36. The quantitative estimate of drug-likeness (QED) is 0.838. The van der Waals surface area contributed by atoms with E-state index in [0.29, 0.717) is 17.4 Å². The summed E-state index contributed by atoms with van der Waals surface area (Å²) >= 11 is 6.15. The number of halogens is 1. The summed E-state index contributed by atoms with van der Waals surface area (Å²) in [4.78, 5) is 10.7. The van der Waals surface area contributed by atoms with E-state index in [1.54, 1.807) is 24.3 Å². The average molecular weight is 320 g/mol. The van der Waals surface area contributed by atoms with Gasteiger partial charge in [0.25, 0.3) is 0 Å². The molecule has 0 saturated carbocycles. The second kappa shape index (κ2) is 7.82. The molecule has 116 valence electrons. The summed E-state index contributed by atoms with van der Waals surface area (Å²) in [6.45, 7) is 4.06. The molecule has 2 aromatic rings. The Bertz CT molecular complexity index is 641. The van der Waals surface area contributed by atoms with Gasteiger partial charge in [0.05, 0.1) is 17.6 Å². The second-order valence-electron chi connectivity index (χ2n) is 4.88. The van der Waals surface area contributed by atoms with Gasteiger partial charge in [0.15, 0.2) is 0 Å². The largest absolute Gasteiger partial charge is 0.545 e. The van der Waals surface area contributed by atoms with Crippen molar-refractivity contribution in [1.29, 1.82) is 0 Å². The molecule has 0 amide bonds. The summed E-state index contributed by atoms with van der Waals surface area (Å²) in [5, 5.41) is 13.4. The van der Waals surface area contributed by atoms with Crippen LogP contribution >= 0.6 is 11.6 Å². The van der Waals surface area contributed by atoms with Gasteiger partial charge in [-0.1, -0.05) is 35.9 Å². The van der Waals surface area contributed by atoms with Crippen molar-refractivity contribution in [2.75, 3.05) is 6.61 Å². The van der Waals surface area contributed by atoms with Crippen molar-refractivity contribution in [1.82, 2.24) is 0 Å². The van der Waals surface area contributed by atoms with E-state index < -0.39 is 5.97 Å². The van der Waals surface area contributed by atoms with Crippen LogP contribution in [0.5, 0.6) is 5.75 Å². The second-order valence-corrected chi connectivity index (χ2v) is 5.29. The molecule has 0 atom stereocenters. The zero-order valence-corrected chi connectivity index (χ0v) is 13.1. The number of quaternary nitrogens is 1. The van der Waals surface area contributed by atoms with Crippen LogP contribution in [0.3, 0.4) is 0 Å². The molecule has 2 N–H and O–H groups in total. The Hall–Kier alpha value is -2.04. The lowest BCUT2D eigenvalue weighted by Gasteiger charge is -2.08. The van der Waals surface area contributed by atoms with Crippen LogP contribution in [0, 0.1) is 0 Å². The number of carboxylic acids is 1. The van der Waals surface area contributed by atoms with E-state index >= 15 is 0 Å². The molecule has 0 bridgehead atoms. The third kappa shape index (κ3) is 4.48. The van der Waals surface area contributed by atoms with Crippen LogP contribution < -0.4 is 15.2 Å². The predicted octanol–water partition coefficient (Wildman–Crippen LogP) is 1.37. The first-order chi connectivity index (χ1) is 10.6. The van der Waals surface area contributed by atoms with E-state index in [9.17, 15) is 9.90 Å². The smallest absolute Gasteiger partial charge is 0.137 e. The van der Waals surface area contributed by atoms with Gasteiger partial charge >= 0.3 is 0 Å². The number of carboxylic acid groups (broad SMARTS) is 1. The average Bonchev–Trinajstić information content (AvgIpc) is 2.50. The number of nitrogens with two attached hydrogens (primary N) is 1. The van der Waals surface area contributed by atoms with Crippen molar-refractivity contribution < 1.29 is 20.0 Å². The van der Waals surface area contributed by atoms with Gasteiger partial charge in [-0.25, -0.2) is 0 Å². The first kappa shape index (κ1) is 16.3. The molecular formula is C17H18ClNO3. The van der Waals surface area contributed by atoms with Gasteiger partial charge in [0.2, 0.25) is 0 Å². The van der Waals surface area contributed by atoms with Gasteiger partial charge in [-0.2, -0.15) is 0 Å². The number of hydrogen-bond acceptors (Lipinski definition) is 3. The molecule has 0 heterocycles. The summed E-state index contributed by atoms with van der Waals surface area (Å²) in [6.07, 6.45) is 0. The van der Waals surface area contributed by atoms with E-state index in [1.165, 1.54) is 0 Å². The molecule has 0 aliphatic heterocycles. The minimum Gasteiger partial charge on any atom is -0.545 e. The molecule has 22 heavy (non-hydrogen) atoms. The highest BCUT2D eigenvalue weighted by Gasteiger charge is 2.04. The lowest BCUT2D eigenvalue weighted by atomic mass is 10.1. The number of carbonyl (C=O) groups is 1. The zero-order valence-electron chi connectivity index (χ0n) is 12.3. The third-order valence-corrected chi connectivity index (χ3v) is 3.54. The Morgan fingerprint density at radius 2 is 1.77 bits per heavy atom. The number of aromatic carboxylic acids is 1. The third-order valence-electron chi connectivity index (χ3n) is 3.25. The van der Waals surface area contributed by atoms with Gasteiger partial charge in [0, 0.05) is 11.1 Å². The van der Waals surface area contributed by atoms with Gasteiger partial charge in [-0.15, -0.1) is 0 Å². The summed E-state index contributed by atoms with van der Waals surface area (Å²) in [6, 6.07) is 12.5. The molecule has 2 rings (SSSR count). The molecule has 0 saturated heterocycles. The maximum absolute atomic E-state index is 10.7. The summed E-state index contributed by atoms with van der Waals surface area (Å²) < 4.78 is 5.40. The number of rotatable bonds is 7. The fraction of sp³-hybridized carbons (Fsp3) is 0.235. The van der Waals surface area contributed by atoms with E-state index in [-0.39, 0.29) is 5.56 Å². The normalized spacial score (nSPS) is 10.5. The highest BCUT2D eigenvalue weighted by atomic mass is 35.5. The molecule has 0 aromatic heterocycles. The zero-order chi connectivity index (χ0) is 15.9. The van der Waals surface area contributed by atoms with Gasteiger partial charge < -0.3 is 20.0 Å². The molecule has 0 spiro atoms. The first-order valence-corrected chi connectivity index (χ1v) is 7.51. The van der Waals surface area contributed by atoms with Crippen LogP contribution in [-0.4, -0.2) is 12.6 Å². The topological polar surface area (TPSA) is 66.0 Å². The van der Waals surface area contributed by atoms with Gasteiger partial charge in [-0.3, -0.25) is 0 Å². The molecule has 4 nitrogen and oxygen atoms in total. The van der Waals surface area contributed by atoms with Crippen molar-refractivity contribution in [3.8, 4) is 5.75 Å². The molecule has 2 aromatic carbocycles. The minimum absolute atomic E-state index is 0.196. The summed E-state index contributed by atoms with van der Waals surface area (Å²) in [5.74, 6) is -0.453. The molecular weight excluding hydrogens is 302 g/mol. The number of benzene rings is 2. The fourth-order valence-electron chi connectivity index (χ4n) is 2.13. The van der Waals surface area contributed by atoms with E-state index in [4.69, 9.17) is 16.3 Å². The lowest BCUT2D eigenvalue weighted by molar-refractivity contribution is -0.686. The highest BCUT2D eigenvalue weighted by Crippen LogP contribution is 2.25. The Balaban J connectivity index is 1.88. The Labute approximate surface area is 134 Å². The standard InChI is InChI=1S/C17H18ClNO3/c1-2-22-16-8-5-13(9-15(16)18)11-19-10-12-3-6-14(7-4-12)17(20)21/h3-9,19H,2,10-11H2,1H3,(H,20,21). The van der Waals surface area contributed by atoms with E-state index in [1.807, 2.05) is 25.1 Å². The number of carbonyl (C=O) groups excluding carboxylic acids is 1. The van der Waals surface area contributed by atoms with Crippen molar-refractivity contribution >= 4 is 17.6 Å². The number of ether oxygens (including phenoxy) is 1. The molecule has 0 aliphatic carbocycles. The van der Waals surface area contributed by atoms with Crippen LogP contribution in [-0.2, 0) is 13.1 Å². The molecule has 5 heteroatoms. The van der Waals surface area contributed by atoms with E-state index in [2.05, 4.69) is 5.32 Å². The Morgan fingerprint density at radius 3 is 2.36 bits per heavy atom. The van der Waals surface area contributed by atoms with E-state index in [0.717, 1.165) is 24.2 Å². The first-order valence-electron chi connectivity index (χ1n) is 7.13. The number of hydrogen-bond donors (Lipinski definition) is 1. The maximum Gasteiger partial charge on any atom is 0.137 e. The van der Waals surface area contributed by atoms with Crippen LogP contribution in [0.1, 0.15) is 28.4 Å². The van der Waals surface area contributed by atoms with Gasteiger partial charge in [0.1, 0.15) is 18.8 Å². The fourth-order valence-corrected chi connectivity index (χ4v) is 2.38. The Kier molecular flexibility index (Phi) is 5.81. The Morgan fingerprint density at radius 1 is 1.14 bits per heavy atom. The molecule has 0 radical (unpaired) electrons. The van der Waals surface area contributed by atoms with Gasteiger partial charge in [-0.05, 0) is 30.7 Å². The molecule has 0 unspecified atom stereocenters. The summed E-state index contributed by atoms with van der Waals surface area (Å²) in [7, 11) is 0. The van der Waals surface area contributed by atoms with Crippen molar-refractivity contribution in [2.45, 2.75) is 20.0 Å². The van der Waals surface area contributed by atoms with Crippen LogP contribution in [0.2, 0.25) is 5.02 Å². The van der Waals surface area contributed by atoms with Crippen LogP contribution in [0.4, 0.5) is 0 Å². The SMILES string of the molecule is CCOc1ccc(C[NH2+]Cc2ccc(C(=O)[O-])cc2)cc1Cl. The molecule has 0 aliphatic rings. The highest BCUT2D eigenvalue weighted by molar-refractivity contribution is 6.32. The van der Waals surface area contributed by atoms with Crippen molar-refractivity contribution in [2.24, 2.45) is 0 Å².